The molecule has 0 radical (unpaired) electrons. The molecule has 1 aliphatic rings. The molecule has 0 spiro atoms. The first-order valence-electron chi connectivity index (χ1n) is 8.57. The number of benzene rings is 2. The smallest absolute Gasteiger partial charge is 0.279 e. The fourth-order valence-electron chi connectivity index (χ4n) is 3.05. The summed E-state index contributed by atoms with van der Waals surface area (Å²) in [6.45, 7) is 1.56. The number of anilines is 1. The van der Waals surface area contributed by atoms with E-state index in [4.69, 9.17) is 0 Å². The lowest BCUT2D eigenvalue weighted by molar-refractivity contribution is -0.895. The van der Waals surface area contributed by atoms with Gasteiger partial charge < -0.3 is 15.1 Å². The lowest BCUT2D eigenvalue weighted by atomic mass is 10.1. The van der Waals surface area contributed by atoms with Crippen LogP contribution in [0.2, 0.25) is 0 Å². The average Bonchev–Trinajstić information content (AvgIpc) is 2.64. The predicted octanol–water partition coefficient (Wildman–Crippen LogP) is 1.08. The van der Waals surface area contributed by atoms with Crippen LogP contribution in [0.3, 0.4) is 0 Å². The van der Waals surface area contributed by atoms with Gasteiger partial charge in [-0.25, -0.2) is 13.2 Å². The van der Waals surface area contributed by atoms with Crippen molar-refractivity contribution in [2.45, 2.75) is 0 Å². The second kappa shape index (κ2) is 8.22. The van der Waals surface area contributed by atoms with Crippen molar-refractivity contribution in [3.05, 3.63) is 65.5 Å². The Labute approximate surface area is 154 Å². The van der Waals surface area contributed by atoms with Gasteiger partial charge in [0.25, 0.3) is 11.8 Å². The minimum absolute atomic E-state index is 0.115. The summed E-state index contributed by atoms with van der Waals surface area (Å²) >= 11 is 0. The molecule has 2 N–H and O–H groups in total. The summed E-state index contributed by atoms with van der Waals surface area (Å²) in [5, 5.41) is 2.52. The highest BCUT2D eigenvalue weighted by Gasteiger charge is 2.29. The number of hydrogen-bond donors (Lipinski definition) is 2. The monoisotopic (exact) mass is 378 g/mol. The van der Waals surface area contributed by atoms with Gasteiger partial charge in [0.15, 0.2) is 6.54 Å². The molecule has 1 fully saturated rings. The summed E-state index contributed by atoms with van der Waals surface area (Å²) in [6.07, 6.45) is 0. The fraction of sp³-hybridized carbons (Fsp3) is 0.263. The van der Waals surface area contributed by atoms with Gasteiger partial charge in [0, 0.05) is 0 Å². The van der Waals surface area contributed by atoms with Gasteiger partial charge >= 0.3 is 0 Å². The Morgan fingerprint density at radius 3 is 2.15 bits per heavy atom. The summed E-state index contributed by atoms with van der Waals surface area (Å²) in [5.41, 5.74) is -0.441. The Morgan fingerprint density at radius 2 is 1.52 bits per heavy atom. The topological polar surface area (TPSA) is 53.9 Å². The Balaban J connectivity index is 1.54. The molecule has 2 aromatic rings. The van der Waals surface area contributed by atoms with Crippen LogP contribution in [0.25, 0.3) is 0 Å². The molecule has 1 saturated heterocycles. The molecule has 8 heteroatoms. The molecule has 1 heterocycles. The molecule has 2 amide bonds. The van der Waals surface area contributed by atoms with Crippen molar-refractivity contribution < 1.29 is 27.7 Å². The van der Waals surface area contributed by atoms with Gasteiger partial charge in [0.2, 0.25) is 0 Å². The predicted molar refractivity (Wildman–Crippen MR) is 92.9 cm³/mol. The number of quaternary nitrogens is 1. The number of para-hydroxylation sites is 1. The highest BCUT2D eigenvalue weighted by molar-refractivity contribution is 5.95. The minimum atomic E-state index is -0.890. The Morgan fingerprint density at radius 1 is 0.926 bits per heavy atom. The summed E-state index contributed by atoms with van der Waals surface area (Å²) in [5.74, 6) is -3.32. The molecule has 0 unspecified atom stereocenters. The molecule has 142 valence electrons. The molecule has 27 heavy (non-hydrogen) atoms. The van der Waals surface area contributed by atoms with Gasteiger partial charge in [-0.3, -0.25) is 9.59 Å². The van der Waals surface area contributed by atoms with Crippen LogP contribution in [0.4, 0.5) is 18.9 Å². The standard InChI is InChI=1S/C19H18F3N3O2/c20-13-4-1-2-7-16(13)23-17(26)12-24-8-10-25(11-9-24)19(27)18-14(21)5-3-6-15(18)22/h1-7H,8-12H2,(H,23,26)/p+1. The van der Waals surface area contributed by atoms with E-state index in [1.807, 2.05) is 0 Å². The summed E-state index contributed by atoms with van der Waals surface area (Å²) in [6, 6.07) is 9.19. The molecule has 0 aromatic heterocycles. The third kappa shape index (κ3) is 4.46. The first-order valence-corrected chi connectivity index (χ1v) is 8.57. The van der Waals surface area contributed by atoms with Gasteiger partial charge in [-0.15, -0.1) is 0 Å². The van der Waals surface area contributed by atoms with Crippen molar-refractivity contribution in [2.75, 3.05) is 38.0 Å². The van der Waals surface area contributed by atoms with E-state index >= 15 is 0 Å². The van der Waals surface area contributed by atoms with E-state index in [2.05, 4.69) is 5.32 Å². The number of piperazine rings is 1. The SMILES string of the molecule is O=C(C[NH+]1CCN(C(=O)c2c(F)cccc2F)CC1)Nc1ccccc1F. The number of rotatable bonds is 4. The molecular weight excluding hydrogens is 359 g/mol. The Bertz CT molecular complexity index is 832. The van der Waals surface area contributed by atoms with Crippen molar-refractivity contribution in [3.8, 4) is 0 Å². The molecule has 1 aliphatic heterocycles. The third-order valence-electron chi connectivity index (χ3n) is 4.49. The van der Waals surface area contributed by atoms with E-state index < -0.39 is 28.9 Å². The van der Waals surface area contributed by atoms with E-state index in [1.165, 1.54) is 29.2 Å². The number of amides is 2. The largest absolute Gasteiger partial charge is 0.327 e. The average molecular weight is 378 g/mol. The van der Waals surface area contributed by atoms with Gasteiger partial charge in [0.05, 0.1) is 31.9 Å². The second-order valence-corrected chi connectivity index (χ2v) is 6.34. The van der Waals surface area contributed by atoms with E-state index in [1.54, 1.807) is 6.07 Å². The van der Waals surface area contributed by atoms with E-state index in [0.717, 1.165) is 17.0 Å². The number of nitrogens with zero attached hydrogens (tertiary/aromatic N) is 1. The van der Waals surface area contributed by atoms with Gasteiger partial charge in [0.1, 0.15) is 23.0 Å². The van der Waals surface area contributed by atoms with Crippen LogP contribution in [-0.2, 0) is 4.79 Å². The first kappa shape index (κ1) is 18.9. The van der Waals surface area contributed by atoms with Crippen LogP contribution in [-0.4, -0.2) is 49.4 Å². The molecule has 5 nitrogen and oxygen atoms in total. The molecule has 0 atom stereocenters. The van der Waals surface area contributed by atoms with Gasteiger partial charge in [-0.1, -0.05) is 18.2 Å². The van der Waals surface area contributed by atoms with E-state index in [0.29, 0.717) is 13.1 Å². The highest BCUT2D eigenvalue weighted by atomic mass is 19.1. The number of carbonyl (C=O) groups is 2. The number of carbonyl (C=O) groups excluding carboxylic acids is 2. The Kier molecular flexibility index (Phi) is 5.75. The molecular formula is C19H19F3N3O2+. The maximum absolute atomic E-state index is 13.8. The van der Waals surface area contributed by atoms with Crippen LogP contribution in [0.5, 0.6) is 0 Å². The Hall–Kier alpha value is -2.87. The molecule has 0 aliphatic carbocycles. The zero-order valence-corrected chi connectivity index (χ0v) is 14.5. The molecule has 0 bridgehead atoms. The lowest BCUT2D eigenvalue weighted by Gasteiger charge is -2.32. The zero-order chi connectivity index (χ0) is 19.4. The van der Waals surface area contributed by atoms with Crippen molar-refractivity contribution in [3.63, 3.8) is 0 Å². The maximum atomic E-state index is 13.8. The van der Waals surface area contributed by atoms with Gasteiger partial charge in [-0.2, -0.15) is 0 Å². The summed E-state index contributed by atoms with van der Waals surface area (Å²) in [7, 11) is 0. The molecule has 0 saturated carbocycles. The molecule has 3 rings (SSSR count). The van der Waals surface area contributed by atoms with Gasteiger partial charge in [-0.05, 0) is 24.3 Å². The van der Waals surface area contributed by atoms with Crippen molar-refractivity contribution in [1.82, 2.24) is 4.90 Å². The highest BCUT2D eigenvalue weighted by Crippen LogP contribution is 2.15. The quantitative estimate of drug-likeness (QED) is 0.837. The van der Waals surface area contributed by atoms with Crippen LogP contribution in [0.1, 0.15) is 10.4 Å². The summed E-state index contributed by atoms with van der Waals surface area (Å²) < 4.78 is 41.1. The zero-order valence-electron chi connectivity index (χ0n) is 14.5. The van der Waals surface area contributed by atoms with E-state index in [-0.39, 0.29) is 31.2 Å². The second-order valence-electron chi connectivity index (χ2n) is 6.34. The van der Waals surface area contributed by atoms with Crippen LogP contribution >= 0.6 is 0 Å². The number of nitrogens with one attached hydrogen (secondary N) is 2. The van der Waals surface area contributed by atoms with Crippen molar-refractivity contribution >= 4 is 17.5 Å². The third-order valence-corrected chi connectivity index (χ3v) is 4.49. The van der Waals surface area contributed by atoms with Crippen LogP contribution < -0.4 is 10.2 Å². The normalized spacial score (nSPS) is 14.9. The van der Waals surface area contributed by atoms with Crippen LogP contribution in [0, 0.1) is 17.5 Å². The first-order chi connectivity index (χ1) is 13.0. The van der Waals surface area contributed by atoms with Crippen LogP contribution in [0.15, 0.2) is 42.5 Å². The minimum Gasteiger partial charge on any atom is -0.327 e. The molecule has 2 aromatic carbocycles. The lowest BCUT2D eigenvalue weighted by Crippen LogP contribution is -3.15. The van der Waals surface area contributed by atoms with E-state index in [9.17, 15) is 22.8 Å². The van der Waals surface area contributed by atoms with Crippen molar-refractivity contribution in [2.24, 2.45) is 0 Å². The summed E-state index contributed by atoms with van der Waals surface area (Å²) in [4.78, 5) is 26.7. The fourth-order valence-corrected chi connectivity index (χ4v) is 3.05. The number of hydrogen-bond acceptors (Lipinski definition) is 2. The maximum Gasteiger partial charge on any atom is 0.279 e. The van der Waals surface area contributed by atoms with Crippen molar-refractivity contribution in [1.29, 1.82) is 0 Å². The number of halogens is 3.